The molecule has 0 aliphatic rings. The van der Waals surface area contributed by atoms with Crippen LogP contribution in [0, 0.1) is 22.7 Å². The summed E-state index contributed by atoms with van der Waals surface area (Å²) >= 11 is 3.63. The van der Waals surface area contributed by atoms with Gasteiger partial charge in [0.2, 0.25) is 0 Å². The molecule has 42 heavy (non-hydrogen) atoms. The Morgan fingerprint density at radius 1 is 0.405 bits per heavy atom. The van der Waals surface area contributed by atoms with Gasteiger partial charge in [0, 0.05) is 40.3 Å². The van der Waals surface area contributed by atoms with Crippen molar-refractivity contribution in [3.05, 3.63) is 132 Å². The number of benzene rings is 6. The van der Waals surface area contributed by atoms with Crippen molar-refractivity contribution >= 4 is 63.0 Å². The lowest BCUT2D eigenvalue weighted by molar-refractivity contribution is 1.44. The van der Waals surface area contributed by atoms with Crippen molar-refractivity contribution in [3.63, 3.8) is 0 Å². The van der Waals surface area contributed by atoms with Crippen molar-refractivity contribution < 1.29 is 0 Å². The summed E-state index contributed by atoms with van der Waals surface area (Å²) in [5.41, 5.74) is 7.19. The average Bonchev–Trinajstić information content (AvgIpc) is 3.61. The van der Waals surface area contributed by atoms with Gasteiger partial charge in [0.1, 0.15) is 0 Å². The molecule has 0 atom stereocenters. The van der Waals surface area contributed by atoms with Gasteiger partial charge in [-0.25, -0.2) is 0 Å². The van der Waals surface area contributed by atoms with Gasteiger partial charge < -0.3 is 0 Å². The van der Waals surface area contributed by atoms with E-state index in [0.717, 1.165) is 33.4 Å². The van der Waals surface area contributed by atoms with Gasteiger partial charge in [-0.05, 0) is 94.0 Å². The standard InChI is InChI=1S/C38H20N2S2/c39-21-23-9-12-30(29(15-23)22-40)28-17-26(24-11-14-37-34(19-24)32-6-2-4-8-36(32)41-37)16-27(18-28)25-10-13-33-31-5-1-3-7-35(31)42-38(33)20-25/h1-20H. The van der Waals surface area contributed by atoms with E-state index in [4.69, 9.17) is 0 Å². The largest absolute Gasteiger partial charge is 0.192 e. The molecule has 8 aromatic rings. The zero-order valence-electron chi connectivity index (χ0n) is 22.3. The molecule has 2 aromatic heterocycles. The monoisotopic (exact) mass is 568 g/mol. The van der Waals surface area contributed by atoms with Crippen molar-refractivity contribution in [1.29, 1.82) is 10.5 Å². The van der Waals surface area contributed by atoms with Crippen LogP contribution in [0.3, 0.4) is 0 Å². The summed E-state index contributed by atoms with van der Waals surface area (Å²) in [6, 6.07) is 46.9. The third-order valence-electron chi connectivity index (χ3n) is 7.94. The number of fused-ring (bicyclic) bond motifs is 6. The van der Waals surface area contributed by atoms with Crippen LogP contribution in [-0.2, 0) is 0 Å². The van der Waals surface area contributed by atoms with Crippen LogP contribution in [0.1, 0.15) is 11.1 Å². The normalized spacial score (nSPS) is 11.3. The predicted octanol–water partition coefficient (Wildman–Crippen LogP) is 11.2. The van der Waals surface area contributed by atoms with E-state index in [0.29, 0.717) is 11.1 Å². The molecule has 0 saturated heterocycles. The Kier molecular flexibility index (Phi) is 5.66. The van der Waals surface area contributed by atoms with E-state index in [9.17, 15) is 10.5 Å². The van der Waals surface area contributed by atoms with E-state index in [1.807, 2.05) is 28.7 Å². The Morgan fingerprint density at radius 3 is 1.74 bits per heavy atom. The second-order valence-electron chi connectivity index (χ2n) is 10.4. The number of rotatable bonds is 3. The maximum Gasteiger partial charge on any atom is 0.0998 e. The smallest absolute Gasteiger partial charge is 0.0998 e. The topological polar surface area (TPSA) is 47.6 Å². The minimum Gasteiger partial charge on any atom is -0.192 e. The number of thiophene rings is 2. The van der Waals surface area contributed by atoms with Crippen molar-refractivity contribution in [2.24, 2.45) is 0 Å². The fourth-order valence-electron chi connectivity index (χ4n) is 5.89. The zero-order valence-corrected chi connectivity index (χ0v) is 23.9. The van der Waals surface area contributed by atoms with E-state index in [1.54, 1.807) is 12.1 Å². The molecule has 8 rings (SSSR count). The van der Waals surface area contributed by atoms with E-state index in [2.05, 4.69) is 115 Å². The third kappa shape index (κ3) is 3.98. The van der Waals surface area contributed by atoms with Crippen LogP contribution >= 0.6 is 22.7 Å². The maximum atomic E-state index is 10.00. The molecule has 0 unspecified atom stereocenters. The lowest BCUT2D eigenvalue weighted by Gasteiger charge is -2.13. The summed E-state index contributed by atoms with van der Waals surface area (Å²) < 4.78 is 5.09. The van der Waals surface area contributed by atoms with Crippen LogP contribution in [0.15, 0.2) is 121 Å². The molecular formula is C38H20N2S2. The maximum absolute atomic E-state index is 10.00. The van der Waals surface area contributed by atoms with Gasteiger partial charge in [0.25, 0.3) is 0 Å². The summed E-state index contributed by atoms with van der Waals surface area (Å²) in [5, 5.41) is 24.5. The van der Waals surface area contributed by atoms with Gasteiger partial charge in [-0.1, -0.05) is 60.7 Å². The van der Waals surface area contributed by atoms with E-state index >= 15 is 0 Å². The van der Waals surface area contributed by atoms with Gasteiger partial charge in [0.15, 0.2) is 0 Å². The van der Waals surface area contributed by atoms with Crippen LogP contribution < -0.4 is 0 Å². The number of nitriles is 2. The minimum absolute atomic E-state index is 0.483. The Bertz CT molecular complexity index is 2450. The number of hydrogen-bond donors (Lipinski definition) is 0. The van der Waals surface area contributed by atoms with Gasteiger partial charge in [-0.15, -0.1) is 22.7 Å². The summed E-state index contributed by atoms with van der Waals surface area (Å²) in [4.78, 5) is 0. The van der Waals surface area contributed by atoms with E-state index in [1.165, 1.54) is 40.3 Å². The van der Waals surface area contributed by atoms with E-state index < -0.39 is 0 Å². The van der Waals surface area contributed by atoms with Gasteiger partial charge >= 0.3 is 0 Å². The average molecular weight is 569 g/mol. The van der Waals surface area contributed by atoms with Crippen molar-refractivity contribution in [2.45, 2.75) is 0 Å². The molecule has 2 nitrogen and oxygen atoms in total. The number of hydrogen-bond acceptors (Lipinski definition) is 4. The van der Waals surface area contributed by atoms with Crippen molar-refractivity contribution in [3.8, 4) is 45.5 Å². The predicted molar refractivity (Wildman–Crippen MR) is 178 cm³/mol. The van der Waals surface area contributed by atoms with Crippen LogP contribution in [0.2, 0.25) is 0 Å². The summed E-state index contributed by atoms with van der Waals surface area (Å²) in [7, 11) is 0. The highest BCUT2D eigenvalue weighted by atomic mass is 32.1. The van der Waals surface area contributed by atoms with Gasteiger partial charge in [-0.2, -0.15) is 10.5 Å². The minimum atomic E-state index is 0.483. The Morgan fingerprint density at radius 2 is 1.00 bits per heavy atom. The molecule has 0 radical (unpaired) electrons. The number of nitrogens with zero attached hydrogens (tertiary/aromatic N) is 2. The molecule has 2 heterocycles. The van der Waals surface area contributed by atoms with E-state index in [-0.39, 0.29) is 0 Å². The molecule has 194 valence electrons. The SMILES string of the molecule is N#Cc1ccc(-c2cc(-c3ccc4c(c3)sc3ccccc34)cc(-c3ccc4sc5ccccc5c4c3)c2)c(C#N)c1. The molecule has 0 N–H and O–H groups in total. The molecule has 0 amide bonds. The first-order valence-electron chi connectivity index (χ1n) is 13.6. The molecule has 4 heteroatoms. The van der Waals surface area contributed by atoms with Crippen LogP contribution in [0.25, 0.3) is 73.7 Å². The first-order chi connectivity index (χ1) is 20.7. The third-order valence-corrected chi connectivity index (χ3v) is 10.2. The van der Waals surface area contributed by atoms with Crippen LogP contribution in [-0.4, -0.2) is 0 Å². The molecule has 0 fully saturated rings. The highest BCUT2D eigenvalue weighted by Gasteiger charge is 2.14. The van der Waals surface area contributed by atoms with Gasteiger partial charge in [0.05, 0.1) is 23.3 Å². The lowest BCUT2D eigenvalue weighted by atomic mass is 9.90. The Labute approximate surface area is 250 Å². The highest BCUT2D eigenvalue weighted by Crippen LogP contribution is 2.41. The van der Waals surface area contributed by atoms with Crippen molar-refractivity contribution in [1.82, 2.24) is 0 Å². The molecule has 0 spiro atoms. The fourth-order valence-corrected chi connectivity index (χ4v) is 8.12. The molecule has 0 saturated carbocycles. The summed E-state index contributed by atoms with van der Waals surface area (Å²) in [6.07, 6.45) is 0. The molecule has 0 aliphatic carbocycles. The summed E-state index contributed by atoms with van der Waals surface area (Å²) in [6.45, 7) is 0. The first kappa shape index (κ1) is 24.5. The molecule has 0 aliphatic heterocycles. The highest BCUT2D eigenvalue weighted by molar-refractivity contribution is 7.26. The quantitative estimate of drug-likeness (QED) is 0.213. The first-order valence-corrected chi connectivity index (χ1v) is 15.2. The molecular weight excluding hydrogens is 549 g/mol. The van der Waals surface area contributed by atoms with Crippen LogP contribution in [0.4, 0.5) is 0 Å². The Balaban J connectivity index is 1.36. The fraction of sp³-hybridized carbons (Fsp3) is 0. The van der Waals surface area contributed by atoms with Gasteiger partial charge in [-0.3, -0.25) is 0 Å². The zero-order chi connectivity index (χ0) is 28.2. The lowest BCUT2D eigenvalue weighted by Crippen LogP contribution is -1.90. The Hall–Kier alpha value is -5.26. The molecule has 0 bridgehead atoms. The second-order valence-corrected chi connectivity index (χ2v) is 12.6. The molecule has 6 aromatic carbocycles. The summed E-state index contributed by atoms with van der Waals surface area (Å²) in [5.74, 6) is 0. The second kappa shape index (κ2) is 9.68. The van der Waals surface area contributed by atoms with Crippen LogP contribution in [0.5, 0.6) is 0 Å². The van der Waals surface area contributed by atoms with Crippen molar-refractivity contribution in [2.75, 3.05) is 0 Å².